The van der Waals surface area contributed by atoms with Gasteiger partial charge in [0.1, 0.15) is 17.9 Å². The first-order valence-electron chi connectivity index (χ1n) is 6.54. The first-order chi connectivity index (χ1) is 10.5. The van der Waals surface area contributed by atoms with Crippen LogP contribution in [0.4, 0.5) is 5.69 Å². The van der Waals surface area contributed by atoms with Crippen molar-refractivity contribution in [1.82, 2.24) is 20.2 Å². The molecule has 0 fully saturated rings. The van der Waals surface area contributed by atoms with Crippen molar-refractivity contribution >= 4 is 17.6 Å². The van der Waals surface area contributed by atoms with E-state index in [0.717, 1.165) is 4.80 Å². The summed E-state index contributed by atoms with van der Waals surface area (Å²) in [5, 5.41) is 23.6. The molecule has 0 atom stereocenters. The van der Waals surface area contributed by atoms with E-state index in [1.54, 1.807) is 13.8 Å². The van der Waals surface area contributed by atoms with Crippen molar-refractivity contribution in [3.05, 3.63) is 29.6 Å². The standard InChI is InChI=1S/C13H15N5O4/c1-3-22-13(21)10-5-4-9(6-11(10)19)14-12(20)7-18-16-8(2)15-17-18/h4-6,19H,3,7H2,1-2H3,(H,14,20). The van der Waals surface area contributed by atoms with Gasteiger partial charge in [-0.3, -0.25) is 4.79 Å². The van der Waals surface area contributed by atoms with Gasteiger partial charge in [-0.2, -0.15) is 4.80 Å². The maximum absolute atomic E-state index is 11.8. The lowest BCUT2D eigenvalue weighted by atomic mass is 10.2. The van der Waals surface area contributed by atoms with Gasteiger partial charge in [-0.1, -0.05) is 0 Å². The van der Waals surface area contributed by atoms with Crippen molar-refractivity contribution < 1.29 is 19.4 Å². The maximum Gasteiger partial charge on any atom is 0.341 e. The Kier molecular flexibility index (Phi) is 4.66. The average molecular weight is 305 g/mol. The number of aryl methyl sites for hydroxylation is 1. The van der Waals surface area contributed by atoms with Crippen LogP contribution in [0, 0.1) is 6.92 Å². The molecular weight excluding hydrogens is 290 g/mol. The first kappa shape index (κ1) is 15.4. The molecule has 1 aromatic carbocycles. The van der Waals surface area contributed by atoms with Crippen molar-refractivity contribution in [3.63, 3.8) is 0 Å². The minimum absolute atomic E-state index is 0.0356. The highest BCUT2D eigenvalue weighted by atomic mass is 16.5. The lowest BCUT2D eigenvalue weighted by Gasteiger charge is -2.08. The second kappa shape index (κ2) is 6.66. The van der Waals surface area contributed by atoms with Crippen LogP contribution in [-0.2, 0) is 16.1 Å². The third kappa shape index (κ3) is 3.78. The lowest BCUT2D eigenvalue weighted by Crippen LogP contribution is -2.20. The number of nitrogens with one attached hydrogen (secondary N) is 1. The zero-order chi connectivity index (χ0) is 16.1. The number of ether oxygens (including phenoxy) is 1. The largest absolute Gasteiger partial charge is 0.507 e. The Labute approximate surface area is 125 Å². The van der Waals surface area contributed by atoms with Crippen LogP contribution in [0.2, 0.25) is 0 Å². The number of phenols is 1. The number of phenolic OH excluding ortho intramolecular Hbond substituents is 1. The molecule has 2 rings (SSSR count). The predicted octanol–water partition coefficient (Wildman–Crippen LogP) is 0.503. The van der Waals surface area contributed by atoms with E-state index in [0.29, 0.717) is 11.5 Å². The molecule has 9 heteroatoms. The quantitative estimate of drug-likeness (QED) is 0.772. The summed E-state index contributed by atoms with van der Waals surface area (Å²) in [5.74, 6) is -0.823. The lowest BCUT2D eigenvalue weighted by molar-refractivity contribution is -0.117. The summed E-state index contributed by atoms with van der Waals surface area (Å²) in [7, 11) is 0. The van der Waals surface area contributed by atoms with Gasteiger partial charge in [0.15, 0.2) is 5.82 Å². The fourth-order valence-corrected chi connectivity index (χ4v) is 1.71. The highest BCUT2D eigenvalue weighted by Gasteiger charge is 2.13. The number of anilines is 1. The molecule has 9 nitrogen and oxygen atoms in total. The number of aromatic hydroxyl groups is 1. The number of rotatable bonds is 5. The molecule has 2 aromatic rings. The van der Waals surface area contributed by atoms with E-state index in [1.807, 2.05) is 0 Å². The van der Waals surface area contributed by atoms with Crippen LogP contribution in [0.3, 0.4) is 0 Å². The topological polar surface area (TPSA) is 119 Å². The Morgan fingerprint density at radius 1 is 1.41 bits per heavy atom. The van der Waals surface area contributed by atoms with Crippen LogP contribution >= 0.6 is 0 Å². The Morgan fingerprint density at radius 2 is 2.18 bits per heavy atom. The van der Waals surface area contributed by atoms with Gasteiger partial charge < -0.3 is 15.2 Å². The molecule has 1 amide bonds. The number of carbonyl (C=O) groups excluding carboxylic acids is 2. The number of esters is 1. The highest BCUT2D eigenvalue weighted by Crippen LogP contribution is 2.22. The number of amides is 1. The molecule has 0 aliphatic rings. The summed E-state index contributed by atoms with van der Waals surface area (Å²) in [6.07, 6.45) is 0. The molecule has 1 aromatic heterocycles. The van der Waals surface area contributed by atoms with Crippen molar-refractivity contribution in [1.29, 1.82) is 0 Å². The molecule has 0 saturated heterocycles. The molecule has 0 radical (unpaired) electrons. The van der Waals surface area contributed by atoms with Gasteiger partial charge in [-0.25, -0.2) is 4.79 Å². The minimum Gasteiger partial charge on any atom is -0.507 e. The van der Waals surface area contributed by atoms with E-state index < -0.39 is 5.97 Å². The summed E-state index contributed by atoms with van der Waals surface area (Å²) in [6, 6.07) is 4.13. The van der Waals surface area contributed by atoms with Gasteiger partial charge in [0.2, 0.25) is 5.91 Å². The second-order valence-corrected chi connectivity index (χ2v) is 4.37. The van der Waals surface area contributed by atoms with Gasteiger partial charge >= 0.3 is 5.97 Å². The number of benzene rings is 1. The molecule has 2 N–H and O–H groups in total. The monoisotopic (exact) mass is 305 g/mol. The van der Waals surface area contributed by atoms with Gasteiger partial charge in [0.25, 0.3) is 0 Å². The smallest absolute Gasteiger partial charge is 0.341 e. The third-order valence-electron chi connectivity index (χ3n) is 2.61. The van der Waals surface area contributed by atoms with Gasteiger partial charge in [0, 0.05) is 11.8 Å². The van der Waals surface area contributed by atoms with Crippen LogP contribution in [-0.4, -0.2) is 43.8 Å². The van der Waals surface area contributed by atoms with Crippen molar-refractivity contribution in [2.45, 2.75) is 20.4 Å². The number of aromatic nitrogens is 4. The van der Waals surface area contributed by atoms with Crippen molar-refractivity contribution in [2.75, 3.05) is 11.9 Å². The molecule has 22 heavy (non-hydrogen) atoms. The minimum atomic E-state index is -0.625. The number of hydrogen-bond donors (Lipinski definition) is 2. The average Bonchev–Trinajstić information content (AvgIpc) is 2.84. The van der Waals surface area contributed by atoms with Crippen molar-refractivity contribution in [3.8, 4) is 5.75 Å². The van der Waals surface area contributed by atoms with Crippen LogP contribution in [0.25, 0.3) is 0 Å². The Morgan fingerprint density at radius 3 is 2.77 bits per heavy atom. The highest BCUT2D eigenvalue weighted by molar-refractivity contribution is 5.95. The molecule has 0 aliphatic carbocycles. The van der Waals surface area contributed by atoms with Crippen molar-refractivity contribution in [2.24, 2.45) is 0 Å². The van der Waals surface area contributed by atoms with E-state index in [9.17, 15) is 14.7 Å². The number of hydrogen-bond acceptors (Lipinski definition) is 7. The Bertz CT molecular complexity index is 697. The Hall–Kier alpha value is -2.97. The van der Waals surface area contributed by atoms with Crippen LogP contribution in [0.1, 0.15) is 23.1 Å². The summed E-state index contributed by atoms with van der Waals surface area (Å²) in [6.45, 7) is 3.43. The zero-order valence-corrected chi connectivity index (χ0v) is 12.1. The zero-order valence-electron chi connectivity index (χ0n) is 12.1. The van der Waals surface area contributed by atoms with E-state index in [1.165, 1.54) is 18.2 Å². The molecule has 116 valence electrons. The molecule has 0 aliphatic heterocycles. The molecule has 0 unspecified atom stereocenters. The normalized spacial score (nSPS) is 10.3. The Balaban J connectivity index is 2.02. The van der Waals surface area contributed by atoms with E-state index in [4.69, 9.17) is 4.74 Å². The molecule has 0 spiro atoms. The SMILES string of the molecule is CCOC(=O)c1ccc(NC(=O)Cn2nnc(C)n2)cc1O. The predicted molar refractivity (Wildman–Crippen MR) is 75.2 cm³/mol. The second-order valence-electron chi connectivity index (χ2n) is 4.37. The first-order valence-corrected chi connectivity index (χ1v) is 6.54. The van der Waals surface area contributed by atoms with Gasteiger partial charge in [-0.05, 0) is 31.2 Å². The fraction of sp³-hybridized carbons (Fsp3) is 0.308. The number of nitrogens with zero attached hydrogens (tertiary/aromatic N) is 4. The molecule has 0 bridgehead atoms. The summed E-state index contributed by atoms with van der Waals surface area (Å²) in [5.41, 5.74) is 0.376. The summed E-state index contributed by atoms with van der Waals surface area (Å²) < 4.78 is 4.80. The number of carbonyl (C=O) groups is 2. The van der Waals surface area contributed by atoms with Crippen LogP contribution in [0.5, 0.6) is 5.75 Å². The summed E-state index contributed by atoms with van der Waals surface area (Å²) >= 11 is 0. The molecular formula is C13H15N5O4. The van der Waals surface area contributed by atoms with E-state index >= 15 is 0 Å². The maximum atomic E-state index is 11.8. The van der Waals surface area contributed by atoms with Crippen LogP contribution in [0.15, 0.2) is 18.2 Å². The van der Waals surface area contributed by atoms with Gasteiger partial charge in [0.05, 0.1) is 6.61 Å². The van der Waals surface area contributed by atoms with Crippen LogP contribution < -0.4 is 5.32 Å². The van der Waals surface area contributed by atoms with Gasteiger partial charge in [-0.15, -0.1) is 10.2 Å². The molecule has 1 heterocycles. The number of tetrazole rings is 1. The third-order valence-corrected chi connectivity index (χ3v) is 2.61. The fourth-order valence-electron chi connectivity index (χ4n) is 1.71. The molecule has 0 saturated carbocycles. The van der Waals surface area contributed by atoms with E-state index in [-0.39, 0.29) is 30.4 Å². The van der Waals surface area contributed by atoms with E-state index in [2.05, 4.69) is 20.7 Å². The summed E-state index contributed by atoms with van der Waals surface area (Å²) in [4.78, 5) is 24.5.